The zero-order chi connectivity index (χ0) is 4.41. The second-order valence-electron chi connectivity index (χ2n) is 0.941. The summed E-state index contributed by atoms with van der Waals surface area (Å²) >= 11 is 0. The molecule has 3 heteroatoms. The summed E-state index contributed by atoms with van der Waals surface area (Å²) in [5.41, 5.74) is 0. The average molecular weight is 89.1 g/mol. The molecule has 1 aliphatic heterocycles. The largest absolute Gasteiger partial charge is 0.449 e. The molecule has 1 rings (SSSR count). The van der Waals surface area contributed by atoms with E-state index >= 15 is 0 Å². The molecule has 0 saturated heterocycles. The van der Waals surface area contributed by atoms with E-state index in [2.05, 4.69) is 10.1 Å². The van der Waals surface area contributed by atoms with E-state index in [1.54, 1.807) is 0 Å². The van der Waals surface area contributed by atoms with Gasteiger partial charge in [-0.25, -0.2) is 0 Å². The van der Waals surface area contributed by atoms with Crippen LogP contribution in [0.3, 0.4) is 0 Å². The summed E-state index contributed by atoms with van der Waals surface area (Å²) in [7, 11) is 0. The van der Waals surface area contributed by atoms with E-state index in [-0.39, 0.29) is 6.73 Å². The maximum Gasteiger partial charge on any atom is 0.290 e. The van der Waals surface area contributed by atoms with E-state index in [1.807, 2.05) is 0 Å². The molecule has 0 radical (unpaired) electrons. The predicted octanol–water partition coefficient (Wildman–Crippen LogP) is 0.332. The normalized spacial score (nSPS) is 18.5. The van der Waals surface area contributed by atoms with Crippen molar-refractivity contribution in [3.8, 4) is 0 Å². The zero-order valence-electron chi connectivity index (χ0n) is 3.07. The molecule has 0 aliphatic carbocycles. The highest BCUT2D eigenvalue weighted by Crippen LogP contribution is 1.99. The second-order valence-corrected chi connectivity index (χ2v) is 0.941. The Morgan fingerprint density at radius 1 is 2.00 bits per heavy atom. The molecule has 0 bridgehead atoms. The van der Waals surface area contributed by atoms with Crippen molar-refractivity contribution >= 4 is 0 Å². The third kappa shape index (κ3) is 0.429. The van der Waals surface area contributed by atoms with E-state index in [4.69, 9.17) is 0 Å². The molecule has 0 atom stereocenters. The van der Waals surface area contributed by atoms with Gasteiger partial charge < -0.3 is 10.1 Å². The Hall–Kier alpha value is -0.730. The monoisotopic (exact) mass is 89.0 g/mol. The summed E-state index contributed by atoms with van der Waals surface area (Å²) in [6, 6.07) is -0.532. The lowest BCUT2D eigenvalue weighted by Crippen LogP contribution is -1.98. The molecule has 0 fully saturated rings. The molecule has 0 unspecified atom stereocenters. The Labute approximate surface area is 34.6 Å². The van der Waals surface area contributed by atoms with Gasteiger partial charge in [-0.1, -0.05) is 0 Å². The molecule has 0 aromatic heterocycles. The van der Waals surface area contributed by atoms with Gasteiger partial charge in [0.15, 0.2) is 6.73 Å². The molecule has 0 aromatic rings. The Morgan fingerprint density at radius 2 is 2.83 bits per heavy atom. The van der Waals surface area contributed by atoms with Crippen molar-refractivity contribution in [1.82, 2.24) is 5.32 Å². The van der Waals surface area contributed by atoms with Gasteiger partial charge in [0.2, 0.25) is 0 Å². The predicted molar refractivity (Wildman–Crippen MR) is 18.3 cm³/mol. The Bertz CT molecular complexity index is 80.9. The smallest absolute Gasteiger partial charge is 0.290 e. The van der Waals surface area contributed by atoms with Crippen LogP contribution in [-0.2, 0) is 4.74 Å². The summed E-state index contributed by atoms with van der Waals surface area (Å²) in [5.74, 6) is 0. The van der Waals surface area contributed by atoms with Crippen LogP contribution in [0.4, 0.5) is 4.39 Å². The van der Waals surface area contributed by atoms with Crippen molar-refractivity contribution in [2.24, 2.45) is 0 Å². The van der Waals surface area contributed by atoms with Crippen LogP contribution in [0.5, 0.6) is 0 Å². The highest BCUT2D eigenvalue weighted by atomic mass is 19.1. The molecule has 1 heterocycles. The quantitative estimate of drug-likeness (QED) is 0.461. The summed E-state index contributed by atoms with van der Waals surface area (Å²) in [5, 5.41) is 2.51. The maximum atomic E-state index is 11.5. The van der Waals surface area contributed by atoms with Crippen molar-refractivity contribution in [2.75, 3.05) is 6.73 Å². The van der Waals surface area contributed by atoms with Crippen LogP contribution >= 0.6 is 0 Å². The fraction of sp³-hybridized carbons (Fsp3) is 0.333. The van der Waals surface area contributed by atoms with Crippen LogP contribution in [0.15, 0.2) is 12.2 Å². The minimum atomic E-state index is -0.532. The summed E-state index contributed by atoms with van der Waals surface area (Å²) < 4.78 is 15.7. The summed E-state index contributed by atoms with van der Waals surface area (Å²) in [4.78, 5) is 0. The van der Waals surface area contributed by atoms with Crippen LogP contribution in [0, 0.1) is 0 Å². The van der Waals surface area contributed by atoms with Crippen LogP contribution in [0.25, 0.3) is 0 Å². The molecule has 0 aromatic carbocycles. The van der Waals surface area contributed by atoms with Crippen LogP contribution in [-0.4, -0.2) is 6.73 Å². The lowest BCUT2D eigenvalue weighted by Gasteiger charge is -1.85. The molecule has 1 aliphatic rings. The fourth-order valence-electron chi connectivity index (χ4n) is 0.274. The van der Waals surface area contributed by atoms with Crippen LogP contribution in [0.1, 0.15) is 0 Å². The molecule has 6 heavy (non-hydrogen) atoms. The first-order chi connectivity index (χ1) is 2.89. The summed E-state index contributed by atoms with van der Waals surface area (Å²) in [6.07, 6.45) is 1.18. The molecular weight excluding hydrogens is 85.0 g/mol. The maximum absolute atomic E-state index is 11.5. The van der Waals surface area contributed by atoms with Gasteiger partial charge in [0, 0.05) is 0 Å². The van der Waals surface area contributed by atoms with Gasteiger partial charge in [-0.15, -0.1) is 0 Å². The Kier molecular flexibility index (Phi) is 0.670. The van der Waals surface area contributed by atoms with Gasteiger partial charge in [0.1, 0.15) is 0 Å². The van der Waals surface area contributed by atoms with Gasteiger partial charge in [0.25, 0.3) is 6.01 Å². The van der Waals surface area contributed by atoms with Gasteiger partial charge in [-0.05, 0) is 0 Å². The molecule has 2 nitrogen and oxygen atoms in total. The molecule has 34 valence electrons. The standard InChI is InChI=1S/C3H4FNO/c4-3-1-5-2-6-3/h1,5H,2H2. The lowest BCUT2D eigenvalue weighted by molar-refractivity contribution is 0.167. The average Bonchev–Trinajstić information content (AvgIpc) is 1.86. The molecule has 0 amide bonds. The second kappa shape index (κ2) is 1.16. The third-order valence-corrected chi connectivity index (χ3v) is 0.509. The van der Waals surface area contributed by atoms with E-state index in [0.29, 0.717) is 0 Å². The van der Waals surface area contributed by atoms with Crippen molar-refractivity contribution in [3.05, 3.63) is 12.2 Å². The minimum Gasteiger partial charge on any atom is -0.449 e. The molecule has 0 saturated carbocycles. The number of rotatable bonds is 0. The molecule has 1 N–H and O–H groups in total. The number of ether oxygens (including phenoxy) is 1. The minimum absolute atomic E-state index is 0.270. The fourth-order valence-corrected chi connectivity index (χ4v) is 0.274. The molecule has 0 spiro atoms. The third-order valence-electron chi connectivity index (χ3n) is 0.509. The van der Waals surface area contributed by atoms with Gasteiger partial charge >= 0.3 is 0 Å². The zero-order valence-corrected chi connectivity index (χ0v) is 3.07. The van der Waals surface area contributed by atoms with Gasteiger partial charge in [0.05, 0.1) is 6.20 Å². The van der Waals surface area contributed by atoms with Crippen molar-refractivity contribution in [3.63, 3.8) is 0 Å². The van der Waals surface area contributed by atoms with Crippen LogP contribution < -0.4 is 5.32 Å². The lowest BCUT2D eigenvalue weighted by atomic mass is 11.0. The molecular formula is C3H4FNO. The van der Waals surface area contributed by atoms with E-state index in [1.165, 1.54) is 6.20 Å². The Balaban J connectivity index is 2.45. The number of halogens is 1. The first-order valence-corrected chi connectivity index (χ1v) is 1.61. The van der Waals surface area contributed by atoms with E-state index < -0.39 is 6.01 Å². The number of hydrogen-bond donors (Lipinski definition) is 1. The SMILES string of the molecule is FC1=CNCO1. The van der Waals surface area contributed by atoms with Crippen molar-refractivity contribution in [2.45, 2.75) is 0 Å². The van der Waals surface area contributed by atoms with Crippen molar-refractivity contribution in [1.29, 1.82) is 0 Å². The van der Waals surface area contributed by atoms with E-state index in [9.17, 15) is 4.39 Å². The first-order valence-electron chi connectivity index (χ1n) is 1.61. The topological polar surface area (TPSA) is 21.3 Å². The van der Waals surface area contributed by atoms with E-state index in [0.717, 1.165) is 0 Å². The Morgan fingerprint density at radius 3 is 3.00 bits per heavy atom. The number of hydrogen-bond acceptors (Lipinski definition) is 2. The van der Waals surface area contributed by atoms with Crippen molar-refractivity contribution < 1.29 is 9.13 Å². The van der Waals surface area contributed by atoms with Gasteiger partial charge in [-0.2, -0.15) is 4.39 Å². The highest BCUT2D eigenvalue weighted by molar-refractivity contribution is 4.83. The highest BCUT2D eigenvalue weighted by Gasteiger charge is 1.97. The number of nitrogens with one attached hydrogen (secondary N) is 1. The first kappa shape index (κ1) is 3.46. The summed E-state index contributed by atoms with van der Waals surface area (Å²) in [6.45, 7) is 0.270. The van der Waals surface area contributed by atoms with Gasteiger partial charge in [-0.3, -0.25) is 0 Å². The van der Waals surface area contributed by atoms with Crippen LogP contribution in [0.2, 0.25) is 0 Å².